The fourth-order valence-electron chi connectivity index (χ4n) is 3.89. The minimum Gasteiger partial charge on any atom is -0.497 e. The van der Waals surface area contributed by atoms with Crippen molar-refractivity contribution in [2.24, 2.45) is 0 Å². The first-order valence-electron chi connectivity index (χ1n) is 9.52. The van der Waals surface area contributed by atoms with Gasteiger partial charge in [0.1, 0.15) is 11.6 Å². The molecule has 3 aromatic carbocycles. The van der Waals surface area contributed by atoms with E-state index < -0.39 is 6.04 Å². The third kappa shape index (κ3) is 3.45. The van der Waals surface area contributed by atoms with Crippen LogP contribution in [0.3, 0.4) is 0 Å². The molecule has 0 saturated carbocycles. The zero-order chi connectivity index (χ0) is 21.3. The summed E-state index contributed by atoms with van der Waals surface area (Å²) in [6, 6.07) is 16.8. The molecule has 1 amide bonds. The number of methoxy groups -OCH3 is 3. The highest BCUT2D eigenvalue weighted by atomic mass is 19.1. The van der Waals surface area contributed by atoms with Gasteiger partial charge >= 0.3 is 0 Å². The molecule has 4 rings (SSSR count). The maximum atomic E-state index is 13.6. The topological polar surface area (TPSA) is 48.0 Å². The number of rotatable bonds is 5. The molecule has 0 saturated heterocycles. The van der Waals surface area contributed by atoms with Gasteiger partial charge in [0.15, 0.2) is 11.5 Å². The standard InChI is InChI=1S/C24H22FNO4/c1-28-19-10-8-18(9-11-19)26-23(27)13-16-12-21(29-2)22(30-3)14-20(16)24(26)15-4-6-17(25)7-5-15/h4-12,14,24H,13H2,1-3H3/t24-/m0/s1. The molecule has 0 radical (unpaired) electrons. The molecule has 0 N–H and O–H groups in total. The van der Waals surface area contributed by atoms with Gasteiger partial charge in [-0.25, -0.2) is 4.39 Å². The summed E-state index contributed by atoms with van der Waals surface area (Å²) in [5.74, 6) is 1.46. The van der Waals surface area contributed by atoms with Crippen LogP contribution in [0.2, 0.25) is 0 Å². The predicted molar refractivity (Wildman–Crippen MR) is 112 cm³/mol. The van der Waals surface area contributed by atoms with Crippen LogP contribution < -0.4 is 19.1 Å². The lowest BCUT2D eigenvalue weighted by molar-refractivity contribution is -0.118. The van der Waals surface area contributed by atoms with Gasteiger partial charge in [0, 0.05) is 5.69 Å². The second kappa shape index (κ2) is 8.06. The minimum atomic E-state index is -0.435. The van der Waals surface area contributed by atoms with Gasteiger partial charge < -0.3 is 19.1 Å². The van der Waals surface area contributed by atoms with Crippen LogP contribution >= 0.6 is 0 Å². The van der Waals surface area contributed by atoms with E-state index >= 15 is 0 Å². The summed E-state index contributed by atoms with van der Waals surface area (Å²) >= 11 is 0. The molecule has 6 heteroatoms. The highest BCUT2D eigenvalue weighted by Crippen LogP contribution is 2.43. The molecule has 30 heavy (non-hydrogen) atoms. The maximum Gasteiger partial charge on any atom is 0.232 e. The van der Waals surface area contributed by atoms with E-state index in [0.29, 0.717) is 17.2 Å². The number of ether oxygens (including phenoxy) is 3. The van der Waals surface area contributed by atoms with E-state index in [1.807, 2.05) is 36.4 Å². The Labute approximate surface area is 174 Å². The first kappa shape index (κ1) is 19.8. The van der Waals surface area contributed by atoms with Gasteiger partial charge in [-0.05, 0) is 65.2 Å². The second-order valence-corrected chi connectivity index (χ2v) is 7.00. The molecular weight excluding hydrogens is 385 g/mol. The molecule has 3 aromatic rings. The van der Waals surface area contributed by atoms with Crippen molar-refractivity contribution in [3.05, 3.63) is 83.2 Å². The highest BCUT2D eigenvalue weighted by molar-refractivity contribution is 5.98. The van der Waals surface area contributed by atoms with Crippen LogP contribution in [-0.4, -0.2) is 27.2 Å². The van der Waals surface area contributed by atoms with Gasteiger partial charge in [0.2, 0.25) is 5.91 Å². The lowest BCUT2D eigenvalue weighted by atomic mass is 9.87. The SMILES string of the molecule is COc1ccc(N2C(=O)Cc3cc(OC)c(OC)cc3[C@@H]2c2ccc(F)cc2)cc1. The number of carbonyl (C=O) groups is 1. The molecule has 5 nitrogen and oxygen atoms in total. The Morgan fingerprint density at radius 2 is 1.50 bits per heavy atom. The van der Waals surface area contributed by atoms with Crippen LogP contribution in [0, 0.1) is 5.82 Å². The van der Waals surface area contributed by atoms with E-state index in [1.54, 1.807) is 38.4 Å². The zero-order valence-electron chi connectivity index (χ0n) is 17.0. The number of nitrogens with zero attached hydrogens (tertiary/aromatic N) is 1. The zero-order valence-corrected chi connectivity index (χ0v) is 17.0. The highest BCUT2D eigenvalue weighted by Gasteiger charge is 2.36. The quantitative estimate of drug-likeness (QED) is 0.624. The van der Waals surface area contributed by atoms with Crippen molar-refractivity contribution < 1.29 is 23.4 Å². The van der Waals surface area contributed by atoms with Crippen LogP contribution in [0.1, 0.15) is 22.7 Å². The summed E-state index contributed by atoms with van der Waals surface area (Å²) < 4.78 is 29.8. The van der Waals surface area contributed by atoms with E-state index in [9.17, 15) is 9.18 Å². The first-order chi connectivity index (χ1) is 14.5. The number of hydrogen-bond donors (Lipinski definition) is 0. The molecule has 1 aliphatic heterocycles. The summed E-state index contributed by atoms with van der Waals surface area (Å²) in [6.07, 6.45) is 0.222. The van der Waals surface area contributed by atoms with Crippen molar-refractivity contribution in [2.45, 2.75) is 12.5 Å². The first-order valence-corrected chi connectivity index (χ1v) is 9.52. The number of anilines is 1. The van der Waals surface area contributed by atoms with Crippen molar-refractivity contribution in [3.63, 3.8) is 0 Å². The summed E-state index contributed by atoms with van der Waals surface area (Å²) in [5.41, 5.74) is 3.30. The van der Waals surface area contributed by atoms with E-state index in [1.165, 1.54) is 12.1 Å². The minimum absolute atomic E-state index is 0.0609. The second-order valence-electron chi connectivity index (χ2n) is 7.00. The molecule has 0 spiro atoms. The normalized spacial score (nSPS) is 15.5. The van der Waals surface area contributed by atoms with Crippen molar-refractivity contribution in [3.8, 4) is 17.2 Å². The predicted octanol–water partition coefficient (Wildman–Crippen LogP) is 4.53. The Kier molecular flexibility index (Phi) is 5.31. The van der Waals surface area contributed by atoms with Crippen LogP contribution in [0.25, 0.3) is 0 Å². The molecule has 1 heterocycles. The monoisotopic (exact) mass is 407 g/mol. The van der Waals surface area contributed by atoms with Crippen LogP contribution in [-0.2, 0) is 11.2 Å². The van der Waals surface area contributed by atoms with E-state index in [2.05, 4.69) is 0 Å². The summed E-state index contributed by atoms with van der Waals surface area (Å²) in [4.78, 5) is 15.0. The number of carbonyl (C=O) groups excluding carboxylic acids is 1. The lowest BCUT2D eigenvalue weighted by Gasteiger charge is -2.38. The molecule has 0 aliphatic carbocycles. The average Bonchev–Trinajstić information content (AvgIpc) is 2.78. The molecule has 0 aromatic heterocycles. The molecule has 1 aliphatic rings. The molecular formula is C24H22FNO4. The van der Waals surface area contributed by atoms with Crippen LogP contribution in [0.5, 0.6) is 17.2 Å². The lowest BCUT2D eigenvalue weighted by Crippen LogP contribution is -2.41. The Morgan fingerprint density at radius 1 is 0.867 bits per heavy atom. The van der Waals surface area contributed by atoms with Crippen molar-refractivity contribution in [1.29, 1.82) is 0 Å². The Balaban J connectivity index is 1.91. The number of fused-ring (bicyclic) bond motifs is 1. The van der Waals surface area contributed by atoms with Crippen molar-refractivity contribution in [2.75, 3.05) is 26.2 Å². The Bertz CT molecular complexity index is 1060. The number of halogens is 1. The van der Waals surface area contributed by atoms with Crippen molar-refractivity contribution >= 4 is 11.6 Å². The number of amides is 1. The van der Waals surface area contributed by atoms with Gasteiger partial charge in [0.05, 0.1) is 33.8 Å². The fraction of sp³-hybridized carbons (Fsp3) is 0.208. The molecule has 1 atom stereocenters. The average molecular weight is 407 g/mol. The van der Waals surface area contributed by atoms with Crippen LogP contribution in [0.15, 0.2) is 60.7 Å². The third-order valence-corrected chi connectivity index (χ3v) is 5.34. The molecule has 0 fully saturated rings. The number of hydrogen-bond acceptors (Lipinski definition) is 4. The van der Waals surface area contributed by atoms with Crippen molar-refractivity contribution in [1.82, 2.24) is 0 Å². The Morgan fingerprint density at radius 3 is 2.10 bits per heavy atom. The van der Waals surface area contributed by atoms with E-state index in [-0.39, 0.29) is 18.1 Å². The fourth-order valence-corrected chi connectivity index (χ4v) is 3.89. The molecule has 154 valence electrons. The Hall–Kier alpha value is -3.54. The third-order valence-electron chi connectivity index (χ3n) is 5.34. The summed E-state index contributed by atoms with van der Waals surface area (Å²) in [6.45, 7) is 0. The van der Waals surface area contributed by atoms with Crippen LogP contribution in [0.4, 0.5) is 10.1 Å². The van der Waals surface area contributed by atoms with E-state index in [0.717, 1.165) is 22.4 Å². The molecule has 0 unspecified atom stereocenters. The smallest absolute Gasteiger partial charge is 0.232 e. The van der Waals surface area contributed by atoms with Gasteiger partial charge in [-0.15, -0.1) is 0 Å². The molecule has 0 bridgehead atoms. The van der Waals surface area contributed by atoms with E-state index in [4.69, 9.17) is 14.2 Å². The largest absolute Gasteiger partial charge is 0.497 e. The van der Waals surface area contributed by atoms with Gasteiger partial charge in [-0.2, -0.15) is 0 Å². The van der Waals surface area contributed by atoms with Gasteiger partial charge in [0.25, 0.3) is 0 Å². The summed E-state index contributed by atoms with van der Waals surface area (Å²) in [7, 11) is 4.74. The van der Waals surface area contributed by atoms with Gasteiger partial charge in [-0.3, -0.25) is 4.79 Å². The maximum absolute atomic E-state index is 13.6. The number of benzene rings is 3. The van der Waals surface area contributed by atoms with Gasteiger partial charge in [-0.1, -0.05) is 12.1 Å². The summed E-state index contributed by atoms with van der Waals surface area (Å²) in [5, 5.41) is 0.